The van der Waals surface area contributed by atoms with Gasteiger partial charge in [0.1, 0.15) is 5.00 Å². The second-order valence-electron chi connectivity index (χ2n) is 6.84. The number of ether oxygens (including phenoxy) is 1. The number of sulfone groups is 1. The van der Waals surface area contributed by atoms with Gasteiger partial charge in [0, 0.05) is 11.3 Å². The molecule has 1 amide bonds. The number of amides is 1. The maximum atomic E-state index is 12.4. The lowest BCUT2D eigenvalue weighted by molar-refractivity contribution is -0.115. The Morgan fingerprint density at radius 1 is 1.14 bits per heavy atom. The molecule has 1 heterocycles. The van der Waals surface area contributed by atoms with E-state index in [0.29, 0.717) is 10.6 Å². The van der Waals surface area contributed by atoms with Crippen molar-refractivity contribution in [2.45, 2.75) is 43.9 Å². The molecule has 1 aromatic carbocycles. The molecule has 0 fully saturated rings. The second-order valence-corrected chi connectivity index (χ2v) is 10.1. The molecular weight excluding hydrogens is 398 g/mol. The minimum Gasteiger partial charge on any atom is -0.465 e. The first-order valence-electron chi connectivity index (χ1n) is 9.14. The smallest absolute Gasteiger partial charge is 0.341 e. The Morgan fingerprint density at radius 3 is 2.50 bits per heavy atom. The zero-order chi connectivity index (χ0) is 20.3. The third-order valence-electron chi connectivity index (χ3n) is 4.79. The maximum Gasteiger partial charge on any atom is 0.341 e. The maximum absolute atomic E-state index is 12.4. The van der Waals surface area contributed by atoms with Gasteiger partial charge in [-0.25, -0.2) is 13.2 Å². The van der Waals surface area contributed by atoms with Crippen molar-refractivity contribution in [2.24, 2.45) is 0 Å². The Balaban J connectivity index is 1.72. The van der Waals surface area contributed by atoms with Crippen LogP contribution in [0.15, 0.2) is 29.2 Å². The number of fused-ring (bicyclic) bond motifs is 1. The van der Waals surface area contributed by atoms with E-state index in [2.05, 4.69) is 5.32 Å². The summed E-state index contributed by atoms with van der Waals surface area (Å²) in [7, 11) is -2.23. The van der Waals surface area contributed by atoms with E-state index in [1.807, 2.05) is 6.92 Å². The number of benzene rings is 1. The normalized spacial score (nSPS) is 13.6. The molecule has 0 aliphatic heterocycles. The summed E-state index contributed by atoms with van der Waals surface area (Å²) in [6, 6.07) is 6.55. The molecule has 0 saturated carbocycles. The van der Waals surface area contributed by atoms with Gasteiger partial charge < -0.3 is 10.1 Å². The molecule has 2 aromatic rings. The number of esters is 1. The Labute approximate surface area is 168 Å². The number of hydrogen-bond acceptors (Lipinski definition) is 6. The summed E-state index contributed by atoms with van der Waals surface area (Å²) in [4.78, 5) is 25.9. The lowest BCUT2D eigenvalue weighted by Gasteiger charge is -2.11. The van der Waals surface area contributed by atoms with E-state index in [1.165, 1.54) is 18.4 Å². The first kappa shape index (κ1) is 20.5. The largest absolute Gasteiger partial charge is 0.465 e. The fourth-order valence-corrected chi connectivity index (χ4v) is 5.79. The molecule has 28 heavy (non-hydrogen) atoms. The highest BCUT2D eigenvalue weighted by molar-refractivity contribution is 7.91. The molecule has 0 radical (unpaired) electrons. The standard InChI is InChI=1S/C20H23NO5S2/c1-13-7-9-14(10-8-13)28(24,25)12-11-17(22)21-19-18(20(23)26-2)15-5-3-4-6-16(15)27-19/h7-10H,3-6,11-12H2,1-2H3,(H,21,22). The predicted octanol–water partition coefficient (Wildman–Crippen LogP) is 3.52. The number of methoxy groups -OCH3 is 1. The van der Waals surface area contributed by atoms with Crippen LogP contribution in [0, 0.1) is 6.92 Å². The van der Waals surface area contributed by atoms with E-state index in [-0.39, 0.29) is 17.1 Å². The van der Waals surface area contributed by atoms with Crippen LogP contribution in [0.3, 0.4) is 0 Å². The number of hydrogen-bond donors (Lipinski definition) is 1. The highest BCUT2D eigenvalue weighted by atomic mass is 32.2. The number of carbonyl (C=O) groups excluding carboxylic acids is 2. The highest BCUT2D eigenvalue weighted by Gasteiger charge is 2.27. The SMILES string of the molecule is COC(=O)c1c(NC(=O)CCS(=O)(=O)c2ccc(C)cc2)sc2c1CCCC2. The van der Waals surface area contributed by atoms with Crippen molar-refractivity contribution in [3.8, 4) is 0 Å². The van der Waals surface area contributed by atoms with Gasteiger partial charge in [-0.05, 0) is 50.3 Å². The van der Waals surface area contributed by atoms with Gasteiger partial charge in [0.2, 0.25) is 5.91 Å². The van der Waals surface area contributed by atoms with Gasteiger partial charge in [0.15, 0.2) is 9.84 Å². The number of rotatable bonds is 6. The summed E-state index contributed by atoms with van der Waals surface area (Å²) in [5.74, 6) is -1.19. The molecule has 0 saturated heterocycles. The van der Waals surface area contributed by atoms with Crippen molar-refractivity contribution < 1.29 is 22.7 Å². The quantitative estimate of drug-likeness (QED) is 0.721. The van der Waals surface area contributed by atoms with Crippen molar-refractivity contribution in [1.82, 2.24) is 0 Å². The number of nitrogens with one attached hydrogen (secondary N) is 1. The van der Waals surface area contributed by atoms with E-state index in [0.717, 1.165) is 41.7 Å². The number of thiophene rings is 1. The topological polar surface area (TPSA) is 89.5 Å². The Bertz CT molecular complexity index is 990. The van der Waals surface area contributed by atoms with Gasteiger partial charge in [0.25, 0.3) is 0 Å². The summed E-state index contributed by atoms with van der Waals surface area (Å²) in [6.07, 6.45) is 3.53. The van der Waals surface area contributed by atoms with E-state index in [9.17, 15) is 18.0 Å². The van der Waals surface area contributed by atoms with Gasteiger partial charge in [-0.15, -0.1) is 11.3 Å². The summed E-state index contributed by atoms with van der Waals surface area (Å²) >= 11 is 1.38. The van der Waals surface area contributed by atoms with Crippen molar-refractivity contribution in [2.75, 3.05) is 18.2 Å². The van der Waals surface area contributed by atoms with Crippen molar-refractivity contribution in [3.63, 3.8) is 0 Å². The van der Waals surface area contributed by atoms with Crippen LogP contribution in [0.25, 0.3) is 0 Å². The molecular formula is C20H23NO5S2. The fraction of sp³-hybridized carbons (Fsp3) is 0.400. The molecule has 0 bridgehead atoms. The summed E-state index contributed by atoms with van der Waals surface area (Å²) in [5.41, 5.74) is 2.33. The van der Waals surface area contributed by atoms with Gasteiger partial charge in [0.05, 0.1) is 23.3 Å². The average Bonchev–Trinajstić information content (AvgIpc) is 3.04. The number of carbonyl (C=O) groups is 2. The molecule has 8 heteroatoms. The molecule has 1 N–H and O–H groups in total. The van der Waals surface area contributed by atoms with E-state index in [4.69, 9.17) is 4.74 Å². The van der Waals surface area contributed by atoms with E-state index >= 15 is 0 Å². The van der Waals surface area contributed by atoms with E-state index in [1.54, 1.807) is 24.3 Å². The molecule has 3 rings (SSSR count). The van der Waals surface area contributed by atoms with Crippen LogP contribution >= 0.6 is 11.3 Å². The number of aryl methyl sites for hydroxylation is 2. The Hall–Kier alpha value is -2.19. The number of anilines is 1. The third-order valence-corrected chi connectivity index (χ3v) is 7.73. The summed E-state index contributed by atoms with van der Waals surface area (Å²) < 4.78 is 29.7. The highest BCUT2D eigenvalue weighted by Crippen LogP contribution is 2.38. The van der Waals surface area contributed by atoms with Gasteiger partial charge in [-0.3, -0.25) is 4.79 Å². The van der Waals surface area contributed by atoms with Crippen LogP contribution < -0.4 is 5.32 Å². The molecule has 1 aliphatic carbocycles. The van der Waals surface area contributed by atoms with Crippen LogP contribution in [-0.4, -0.2) is 33.2 Å². The lowest BCUT2D eigenvalue weighted by atomic mass is 9.95. The van der Waals surface area contributed by atoms with Crippen LogP contribution in [0.2, 0.25) is 0 Å². The van der Waals surface area contributed by atoms with Crippen LogP contribution in [0.4, 0.5) is 5.00 Å². The molecule has 0 unspecified atom stereocenters. The predicted molar refractivity (Wildman–Crippen MR) is 109 cm³/mol. The van der Waals surface area contributed by atoms with Gasteiger partial charge >= 0.3 is 5.97 Å². The third kappa shape index (κ3) is 4.44. The van der Waals surface area contributed by atoms with Crippen LogP contribution in [0.1, 0.15) is 45.6 Å². The second kappa shape index (κ2) is 8.45. The average molecular weight is 422 g/mol. The van der Waals surface area contributed by atoms with Gasteiger partial charge in [-0.2, -0.15) is 0 Å². The first-order chi connectivity index (χ1) is 13.3. The molecule has 0 spiro atoms. The fourth-order valence-electron chi connectivity index (χ4n) is 3.25. The summed E-state index contributed by atoms with van der Waals surface area (Å²) in [6.45, 7) is 1.88. The monoisotopic (exact) mass is 421 g/mol. The minimum absolute atomic E-state index is 0.181. The minimum atomic E-state index is -3.55. The molecule has 6 nitrogen and oxygen atoms in total. The molecule has 1 aliphatic rings. The first-order valence-corrected chi connectivity index (χ1v) is 11.6. The van der Waals surface area contributed by atoms with Crippen molar-refractivity contribution in [1.29, 1.82) is 0 Å². The lowest BCUT2D eigenvalue weighted by Crippen LogP contribution is -2.18. The molecule has 150 valence electrons. The van der Waals surface area contributed by atoms with Crippen LogP contribution in [0.5, 0.6) is 0 Å². The molecule has 1 aromatic heterocycles. The van der Waals surface area contributed by atoms with E-state index < -0.39 is 21.7 Å². The Morgan fingerprint density at radius 2 is 1.82 bits per heavy atom. The zero-order valence-corrected chi connectivity index (χ0v) is 17.5. The van der Waals surface area contributed by atoms with Crippen molar-refractivity contribution >= 4 is 38.1 Å². The van der Waals surface area contributed by atoms with Crippen LogP contribution in [-0.2, 0) is 32.2 Å². The van der Waals surface area contributed by atoms with Gasteiger partial charge in [-0.1, -0.05) is 17.7 Å². The molecule has 0 atom stereocenters. The van der Waals surface area contributed by atoms with Crippen molar-refractivity contribution in [3.05, 3.63) is 45.8 Å². The summed E-state index contributed by atoms with van der Waals surface area (Å²) in [5, 5.41) is 3.19. The Kier molecular flexibility index (Phi) is 6.20. The zero-order valence-electron chi connectivity index (χ0n) is 15.9.